The van der Waals surface area contributed by atoms with Crippen LogP contribution in [0.25, 0.3) is 0 Å². The van der Waals surface area contributed by atoms with Crippen molar-refractivity contribution in [2.75, 3.05) is 14.2 Å². The molecule has 0 fully saturated rings. The van der Waals surface area contributed by atoms with Crippen molar-refractivity contribution >= 4 is 0 Å². The minimum Gasteiger partial charge on any atom is -0.497 e. The van der Waals surface area contributed by atoms with Crippen LogP contribution in [0.3, 0.4) is 0 Å². The first-order chi connectivity index (χ1) is 10.1. The summed E-state index contributed by atoms with van der Waals surface area (Å²) in [6, 6.07) is 12.0. The number of nitrogens with one attached hydrogen (secondary N) is 1. The van der Waals surface area contributed by atoms with Gasteiger partial charge in [0.1, 0.15) is 11.5 Å². The Morgan fingerprint density at radius 2 is 1.95 bits per heavy atom. The number of aromatic nitrogens is 1. The van der Waals surface area contributed by atoms with Gasteiger partial charge in [-0.05, 0) is 44.2 Å². The SMILES string of the molecule is COc1ccc(OC)c(C(C)NCc2cccc(C)n2)c1. The molecule has 1 atom stereocenters. The zero-order valence-corrected chi connectivity index (χ0v) is 13.0. The zero-order chi connectivity index (χ0) is 15.2. The summed E-state index contributed by atoms with van der Waals surface area (Å²) in [5.41, 5.74) is 3.13. The van der Waals surface area contributed by atoms with E-state index in [1.54, 1.807) is 14.2 Å². The summed E-state index contributed by atoms with van der Waals surface area (Å²) in [5, 5.41) is 3.47. The average molecular weight is 286 g/mol. The van der Waals surface area contributed by atoms with Gasteiger partial charge in [0.05, 0.1) is 19.9 Å². The van der Waals surface area contributed by atoms with Crippen LogP contribution in [0.1, 0.15) is 29.9 Å². The van der Waals surface area contributed by atoms with E-state index in [4.69, 9.17) is 9.47 Å². The molecular weight excluding hydrogens is 264 g/mol. The van der Waals surface area contributed by atoms with Gasteiger partial charge >= 0.3 is 0 Å². The highest BCUT2D eigenvalue weighted by Gasteiger charge is 2.12. The van der Waals surface area contributed by atoms with Gasteiger partial charge in [0.2, 0.25) is 0 Å². The van der Waals surface area contributed by atoms with E-state index in [0.717, 1.165) is 28.5 Å². The molecule has 1 aromatic heterocycles. The van der Waals surface area contributed by atoms with Crippen LogP contribution >= 0.6 is 0 Å². The van der Waals surface area contributed by atoms with Crippen molar-refractivity contribution in [3.05, 3.63) is 53.3 Å². The summed E-state index contributed by atoms with van der Waals surface area (Å²) in [7, 11) is 3.35. The molecule has 0 aliphatic carbocycles. The fourth-order valence-electron chi connectivity index (χ4n) is 2.24. The summed E-state index contributed by atoms with van der Waals surface area (Å²) in [5.74, 6) is 1.68. The molecule has 0 aliphatic heterocycles. The average Bonchev–Trinajstić information content (AvgIpc) is 2.52. The lowest BCUT2D eigenvalue weighted by molar-refractivity contribution is 0.391. The first-order valence-electron chi connectivity index (χ1n) is 7.02. The number of benzene rings is 1. The van der Waals surface area contributed by atoms with E-state index < -0.39 is 0 Å². The Morgan fingerprint density at radius 1 is 1.14 bits per heavy atom. The zero-order valence-electron chi connectivity index (χ0n) is 13.0. The third-order valence-corrected chi connectivity index (χ3v) is 3.44. The van der Waals surface area contributed by atoms with Crippen LogP contribution in [0, 0.1) is 6.92 Å². The predicted octanol–water partition coefficient (Wildman–Crippen LogP) is 3.26. The lowest BCUT2D eigenvalue weighted by atomic mass is 10.1. The molecule has 1 N–H and O–H groups in total. The molecule has 4 nitrogen and oxygen atoms in total. The molecule has 2 rings (SSSR count). The number of methoxy groups -OCH3 is 2. The molecule has 1 aromatic carbocycles. The van der Waals surface area contributed by atoms with E-state index in [9.17, 15) is 0 Å². The normalized spacial score (nSPS) is 12.0. The fraction of sp³-hybridized carbons (Fsp3) is 0.353. The molecule has 0 saturated carbocycles. The molecule has 112 valence electrons. The first kappa shape index (κ1) is 15.3. The van der Waals surface area contributed by atoms with Crippen LogP contribution < -0.4 is 14.8 Å². The molecule has 1 heterocycles. The Hall–Kier alpha value is -2.07. The Labute approximate surface area is 126 Å². The van der Waals surface area contributed by atoms with Crippen molar-refractivity contribution < 1.29 is 9.47 Å². The Kier molecular flexibility index (Phi) is 5.17. The quantitative estimate of drug-likeness (QED) is 0.885. The molecule has 2 aromatic rings. The second-order valence-electron chi connectivity index (χ2n) is 4.98. The van der Waals surface area contributed by atoms with E-state index >= 15 is 0 Å². The second-order valence-corrected chi connectivity index (χ2v) is 4.98. The standard InChI is InChI=1S/C17H22N2O2/c1-12-6-5-7-14(19-12)11-18-13(2)16-10-15(20-3)8-9-17(16)21-4/h5-10,13,18H,11H2,1-4H3. The number of hydrogen-bond donors (Lipinski definition) is 1. The van der Waals surface area contributed by atoms with Crippen molar-refractivity contribution in [3.63, 3.8) is 0 Å². The number of nitrogens with zero attached hydrogens (tertiary/aromatic N) is 1. The predicted molar refractivity (Wildman–Crippen MR) is 83.8 cm³/mol. The molecular formula is C17H22N2O2. The summed E-state index contributed by atoms with van der Waals surface area (Å²) in [4.78, 5) is 4.50. The number of hydrogen-bond acceptors (Lipinski definition) is 4. The van der Waals surface area contributed by atoms with Gasteiger partial charge in [-0.1, -0.05) is 6.07 Å². The highest BCUT2D eigenvalue weighted by Crippen LogP contribution is 2.29. The Morgan fingerprint density at radius 3 is 2.62 bits per heavy atom. The summed E-state index contributed by atoms with van der Waals surface area (Å²) < 4.78 is 10.7. The van der Waals surface area contributed by atoms with Gasteiger partial charge < -0.3 is 14.8 Å². The smallest absolute Gasteiger partial charge is 0.123 e. The van der Waals surface area contributed by atoms with Gasteiger partial charge in [-0.2, -0.15) is 0 Å². The maximum atomic E-state index is 5.43. The number of ether oxygens (including phenoxy) is 2. The van der Waals surface area contributed by atoms with Crippen molar-refractivity contribution in [3.8, 4) is 11.5 Å². The molecule has 0 aliphatic rings. The number of pyridine rings is 1. The van der Waals surface area contributed by atoms with Gasteiger partial charge in [0.25, 0.3) is 0 Å². The third kappa shape index (κ3) is 3.95. The number of aryl methyl sites for hydroxylation is 1. The largest absolute Gasteiger partial charge is 0.497 e. The topological polar surface area (TPSA) is 43.4 Å². The van der Waals surface area contributed by atoms with Gasteiger partial charge in [0.15, 0.2) is 0 Å². The molecule has 4 heteroatoms. The molecule has 21 heavy (non-hydrogen) atoms. The highest BCUT2D eigenvalue weighted by atomic mass is 16.5. The van der Waals surface area contributed by atoms with Crippen molar-refractivity contribution in [2.45, 2.75) is 26.4 Å². The van der Waals surface area contributed by atoms with E-state index in [1.807, 2.05) is 43.3 Å². The maximum Gasteiger partial charge on any atom is 0.123 e. The van der Waals surface area contributed by atoms with Gasteiger partial charge in [-0.25, -0.2) is 0 Å². The lowest BCUT2D eigenvalue weighted by Gasteiger charge is -2.18. The molecule has 0 saturated heterocycles. The maximum absolute atomic E-state index is 5.43. The molecule has 0 radical (unpaired) electrons. The van der Waals surface area contributed by atoms with Crippen molar-refractivity contribution in [1.82, 2.24) is 10.3 Å². The van der Waals surface area contributed by atoms with E-state index in [2.05, 4.69) is 17.2 Å². The van der Waals surface area contributed by atoms with Crippen LogP contribution in [-0.2, 0) is 6.54 Å². The van der Waals surface area contributed by atoms with Crippen LogP contribution in [0.5, 0.6) is 11.5 Å². The summed E-state index contributed by atoms with van der Waals surface area (Å²) >= 11 is 0. The molecule has 0 amide bonds. The van der Waals surface area contributed by atoms with Crippen LogP contribution in [0.15, 0.2) is 36.4 Å². The minimum absolute atomic E-state index is 0.136. The Bertz CT molecular complexity index is 599. The van der Waals surface area contributed by atoms with Gasteiger partial charge in [-0.3, -0.25) is 4.98 Å². The molecule has 1 unspecified atom stereocenters. The van der Waals surface area contributed by atoms with Crippen LogP contribution in [0.4, 0.5) is 0 Å². The fourth-order valence-corrected chi connectivity index (χ4v) is 2.24. The Balaban J connectivity index is 2.10. The second kappa shape index (κ2) is 7.09. The van der Waals surface area contributed by atoms with Crippen LogP contribution in [0.2, 0.25) is 0 Å². The van der Waals surface area contributed by atoms with Gasteiger partial charge in [0, 0.05) is 23.8 Å². The minimum atomic E-state index is 0.136. The van der Waals surface area contributed by atoms with E-state index in [0.29, 0.717) is 6.54 Å². The van der Waals surface area contributed by atoms with Gasteiger partial charge in [-0.15, -0.1) is 0 Å². The van der Waals surface area contributed by atoms with Crippen LogP contribution in [-0.4, -0.2) is 19.2 Å². The number of rotatable bonds is 6. The third-order valence-electron chi connectivity index (χ3n) is 3.44. The summed E-state index contributed by atoms with van der Waals surface area (Å²) in [6.07, 6.45) is 0. The highest BCUT2D eigenvalue weighted by molar-refractivity contribution is 5.42. The van der Waals surface area contributed by atoms with Crippen molar-refractivity contribution in [2.24, 2.45) is 0 Å². The molecule has 0 spiro atoms. The monoisotopic (exact) mass is 286 g/mol. The van der Waals surface area contributed by atoms with E-state index in [1.165, 1.54) is 0 Å². The van der Waals surface area contributed by atoms with E-state index in [-0.39, 0.29) is 6.04 Å². The summed E-state index contributed by atoms with van der Waals surface area (Å²) in [6.45, 7) is 4.81. The first-order valence-corrected chi connectivity index (χ1v) is 7.02. The lowest BCUT2D eigenvalue weighted by Crippen LogP contribution is -2.19. The van der Waals surface area contributed by atoms with Crippen molar-refractivity contribution in [1.29, 1.82) is 0 Å². The molecule has 0 bridgehead atoms.